The monoisotopic (exact) mass is 450 g/mol. The molecule has 0 fully saturated rings. The van der Waals surface area contributed by atoms with Gasteiger partial charge in [0.05, 0.1) is 22.8 Å². The summed E-state index contributed by atoms with van der Waals surface area (Å²) < 4.78 is 11.3. The number of aryl methyl sites for hydroxylation is 1. The molecule has 0 radical (unpaired) electrons. The second-order valence-electron chi connectivity index (χ2n) is 7.37. The van der Waals surface area contributed by atoms with Gasteiger partial charge < -0.3 is 19.8 Å². The fraction of sp³-hybridized carbons (Fsp3) is 0.182. The third-order valence-electron chi connectivity index (χ3n) is 5.22. The molecule has 0 saturated heterocycles. The zero-order valence-corrected chi connectivity index (χ0v) is 18.0. The van der Waals surface area contributed by atoms with Crippen LogP contribution in [0.1, 0.15) is 32.9 Å². The minimum atomic E-state index is -0.638. The Morgan fingerprint density at radius 3 is 2.84 bits per heavy atom. The van der Waals surface area contributed by atoms with Gasteiger partial charge >= 0.3 is 0 Å². The lowest BCUT2D eigenvalue weighted by molar-refractivity contribution is -0.384. The second kappa shape index (κ2) is 7.74. The molecular weight excluding hydrogens is 432 g/mol. The standard InChI is InChI=1S/C22H18N4O5S/c1-11-9-12(10-30-2)17-18-19(32-22(17)23-11)21(27)25-20(24-18)16-8-7-15(31-16)13-5-3-4-6-14(13)26(28)29/h3-9,20,24H,10H2,1-2H3,(H,25,27). The number of nitrogens with zero attached hydrogens (tertiary/aromatic N) is 2. The van der Waals surface area contributed by atoms with E-state index in [1.165, 1.54) is 17.4 Å². The molecule has 3 aromatic heterocycles. The average Bonchev–Trinajstić information content (AvgIpc) is 3.39. The fourth-order valence-electron chi connectivity index (χ4n) is 3.89. The minimum Gasteiger partial charge on any atom is -0.457 e. The highest BCUT2D eigenvalue weighted by Crippen LogP contribution is 2.42. The number of nitrogens with one attached hydrogen (secondary N) is 2. The molecule has 5 rings (SSSR count). The Hall–Kier alpha value is -3.76. The van der Waals surface area contributed by atoms with Gasteiger partial charge in [0.2, 0.25) is 0 Å². The molecule has 10 heteroatoms. The van der Waals surface area contributed by atoms with Crippen LogP contribution in [0.3, 0.4) is 0 Å². The van der Waals surface area contributed by atoms with Gasteiger partial charge in [-0.2, -0.15) is 0 Å². The van der Waals surface area contributed by atoms with Crippen molar-refractivity contribution >= 4 is 38.8 Å². The largest absolute Gasteiger partial charge is 0.457 e. The molecule has 1 amide bonds. The number of pyridine rings is 1. The maximum absolute atomic E-state index is 12.9. The molecule has 162 valence electrons. The van der Waals surface area contributed by atoms with Crippen LogP contribution >= 0.6 is 11.3 Å². The summed E-state index contributed by atoms with van der Waals surface area (Å²) >= 11 is 1.32. The molecule has 0 saturated carbocycles. The lowest BCUT2D eigenvalue weighted by atomic mass is 10.1. The molecule has 4 aromatic rings. The summed E-state index contributed by atoms with van der Waals surface area (Å²) in [6.07, 6.45) is -0.638. The van der Waals surface area contributed by atoms with Crippen LogP contribution in [0, 0.1) is 17.0 Å². The number of aromatic nitrogens is 1. The number of nitro benzene ring substituents is 1. The smallest absolute Gasteiger partial charge is 0.280 e. The quantitative estimate of drug-likeness (QED) is 0.332. The first-order valence-corrected chi connectivity index (χ1v) is 10.6. The van der Waals surface area contributed by atoms with Gasteiger partial charge in [-0.1, -0.05) is 12.1 Å². The third-order valence-corrected chi connectivity index (χ3v) is 6.30. The van der Waals surface area contributed by atoms with Gasteiger partial charge in [-0.15, -0.1) is 11.3 Å². The maximum atomic E-state index is 12.9. The number of carbonyl (C=O) groups excluding carboxylic acids is 1. The van der Waals surface area contributed by atoms with Crippen molar-refractivity contribution in [2.45, 2.75) is 19.7 Å². The number of rotatable bonds is 5. The number of hydrogen-bond acceptors (Lipinski definition) is 8. The van der Waals surface area contributed by atoms with E-state index in [9.17, 15) is 14.9 Å². The van der Waals surface area contributed by atoms with E-state index in [1.807, 2.05) is 13.0 Å². The van der Waals surface area contributed by atoms with Gasteiger partial charge in [0, 0.05) is 24.3 Å². The van der Waals surface area contributed by atoms with Gasteiger partial charge in [-0.25, -0.2) is 4.98 Å². The Balaban J connectivity index is 1.55. The molecular formula is C22H18N4O5S. The topological polar surface area (TPSA) is 120 Å². The number of para-hydroxylation sites is 1. The van der Waals surface area contributed by atoms with Crippen molar-refractivity contribution in [1.82, 2.24) is 10.3 Å². The first-order valence-electron chi connectivity index (χ1n) is 9.79. The van der Waals surface area contributed by atoms with Crippen LogP contribution in [-0.4, -0.2) is 22.9 Å². The zero-order valence-electron chi connectivity index (χ0n) is 17.2. The third kappa shape index (κ3) is 3.29. The van der Waals surface area contributed by atoms with Crippen LogP contribution in [0.25, 0.3) is 21.5 Å². The number of fused-ring (bicyclic) bond motifs is 3. The molecule has 1 aromatic carbocycles. The molecule has 0 aliphatic carbocycles. The van der Waals surface area contributed by atoms with Crippen molar-refractivity contribution in [2.24, 2.45) is 0 Å². The van der Waals surface area contributed by atoms with Gasteiger partial charge in [0.25, 0.3) is 11.6 Å². The summed E-state index contributed by atoms with van der Waals surface area (Å²) in [7, 11) is 1.62. The normalized spacial score (nSPS) is 15.3. The van der Waals surface area contributed by atoms with E-state index in [1.54, 1.807) is 37.4 Å². The van der Waals surface area contributed by atoms with E-state index < -0.39 is 11.1 Å². The molecule has 4 heterocycles. The van der Waals surface area contributed by atoms with E-state index >= 15 is 0 Å². The number of methoxy groups -OCH3 is 1. The molecule has 9 nitrogen and oxygen atoms in total. The van der Waals surface area contributed by atoms with Gasteiger partial charge in [0.1, 0.15) is 21.2 Å². The summed E-state index contributed by atoms with van der Waals surface area (Å²) in [6, 6.07) is 11.7. The molecule has 1 unspecified atom stereocenters. The van der Waals surface area contributed by atoms with E-state index in [-0.39, 0.29) is 11.6 Å². The number of hydrogen-bond donors (Lipinski definition) is 2. The Morgan fingerprint density at radius 1 is 1.25 bits per heavy atom. The number of furan rings is 1. The number of amides is 1. The number of ether oxygens (including phenoxy) is 1. The SMILES string of the molecule is COCc1cc(C)nc2sc3c(c12)NC(c1ccc(-c2ccccc2[N+](=O)[O-])o1)NC3=O. The summed E-state index contributed by atoms with van der Waals surface area (Å²) in [5.41, 5.74) is 2.79. The lowest BCUT2D eigenvalue weighted by Crippen LogP contribution is -2.37. The van der Waals surface area contributed by atoms with Crippen molar-refractivity contribution in [3.8, 4) is 11.3 Å². The molecule has 0 bridgehead atoms. The van der Waals surface area contributed by atoms with Crippen LogP contribution < -0.4 is 10.6 Å². The fourth-order valence-corrected chi connectivity index (χ4v) is 5.03. The highest BCUT2D eigenvalue weighted by Gasteiger charge is 2.32. The van der Waals surface area contributed by atoms with E-state index in [0.29, 0.717) is 34.3 Å². The van der Waals surface area contributed by atoms with Crippen molar-refractivity contribution in [1.29, 1.82) is 0 Å². The zero-order chi connectivity index (χ0) is 22.4. The van der Waals surface area contributed by atoms with Crippen molar-refractivity contribution in [3.63, 3.8) is 0 Å². The van der Waals surface area contributed by atoms with Crippen LogP contribution in [0.4, 0.5) is 11.4 Å². The minimum absolute atomic E-state index is 0.0502. The second-order valence-corrected chi connectivity index (χ2v) is 8.37. The van der Waals surface area contributed by atoms with Crippen LogP contribution in [-0.2, 0) is 11.3 Å². The highest BCUT2D eigenvalue weighted by atomic mass is 32.1. The van der Waals surface area contributed by atoms with Gasteiger partial charge in [-0.05, 0) is 36.8 Å². The lowest BCUT2D eigenvalue weighted by Gasteiger charge is -2.24. The van der Waals surface area contributed by atoms with Gasteiger partial charge in [0.15, 0.2) is 6.17 Å². The number of nitro groups is 1. The van der Waals surface area contributed by atoms with Crippen molar-refractivity contribution in [2.75, 3.05) is 12.4 Å². The van der Waals surface area contributed by atoms with Gasteiger partial charge in [-0.3, -0.25) is 14.9 Å². The van der Waals surface area contributed by atoms with E-state index in [0.717, 1.165) is 21.5 Å². The highest BCUT2D eigenvalue weighted by molar-refractivity contribution is 7.21. The number of carbonyl (C=O) groups is 1. The average molecular weight is 450 g/mol. The molecule has 1 aliphatic rings. The molecule has 2 N–H and O–H groups in total. The van der Waals surface area contributed by atoms with Crippen LogP contribution in [0.5, 0.6) is 0 Å². The van der Waals surface area contributed by atoms with Crippen molar-refractivity contribution in [3.05, 3.63) is 74.5 Å². The Bertz CT molecular complexity index is 1380. The van der Waals surface area contributed by atoms with E-state index in [2.05, 4.69) is 15.6 Å². The Kier molecular flexibility index (Phi) is 4.87. The number of benzene rings is 1. The summed E-state index contributed by atoms with van der Waals surface area (Å²) in [4.78, 5) is 29.7. The first kappa shape index (κ1) is 20.2. The summed E-state index contributed by atoms with van der Waals surface area (Å²) in [5, 5.41) is 18.5. The van der Waals surface area contributed by atoms with E-state index in [4.69, 9.17) is 9.15 Å². The van der Waals surface area contributed by atoms with Crippen LogP contribution in [0.2, 0.25) is 0 Å². The predicted molar refractivity (Wildman–Crippen MR) is 120 cm³/mol. The molecule has 1 atom stereocenters. The Labute approximate surface area is 186 Å². The first-order chi connectivity index (χ1) is 15.5. The van der Waals surface area contributed by atoms with Crippen molar-refractivity contribution < 1.29 is 18.9 Å². The summed E-state index contributed by atoms with van der Waals surface area (Å²) in [6.45, 7) is 2.29. The number of thiophene rings is 1. The molecule has 32 heavy (non-hydrogen) atoms. The Morgan fingerprint density at radius 2 is 2.06 bits per heavy atom. The summed E-state index contributed by atoms with van der Waals surface area (Å²) in [5.74, 6) is 0.544. The number of anilines is 1. The maximum Gasteiger partial charge on any atom is 0.280 e. The molecule has 0 spiro atoms. The predicted octanol–water partition coefficient (Wildman–Crippen LogP) is 4.77. The van der Waals surface area contributed by atoms with Crippen LogP contribution in [0.15, 0.2) is 46.9 Å². The molecule has 1 aliphatic heterocycles.